The number of hydrogen-bond donors (Lipinski definition) is 2. The normalized spacial score (nSPS) is 19.7. The number of hydrogen-bond acceptors (Lipinski definition) is 6. The van der Waals surface area contributed by atoms with E-state index in [0.29, 0.717) is 11.9 Å². The van der Waals surface area contributed by atoms with Gasteiger partial charge in [-0.2, -0.15) is 0 Å². The molecule has 0 radical (unpaired) electrons. The molecule has 0 aliphatic carbocycles. The summed E-state index contributed by atoms with van der Waals surface area (Å²) in [6.07, 6.45) is 1.03. The van der Waals surface area contributed by atoms with Crippen molar-refractivity contribution in [2.45, 2.75) is 52.5 Å². The predicted octanol–water partition coefficient (Wildman–Crippen LogP) is 1.98. The summed E-state index contributed by atoms with van der Waals surface area (Å²) in [5.41, 5.74) is 3.58. The molecule has 0 saturated carbocycles. The summed E-state index contributed by atoms with van der Waals surface area (Å²) in [5, 5.41) is 0. The SMILES string of the molecule is CCC1COCCN1c1nc(C(C)(C)C)nc(NN)c1C. The molecular weight excluding hydrogens is 266 g/mol. The van der Waals surface area contributed by atoms with E-state index in [2.05, 4.69) is 43.0 Å². The average molecular weight is 293 g/mol. The summed E-state index contributed by atoms with van der Waals surface area (Å²) in [5.74, 6) is 8.12. The summed E-state index contributed by atoms with van der Waals surface area (Å²) in [4.78, 5) is 11.7. The molecule has 1 unspecified atom stereocenters. The highest BCUT2D eigenvalue weighted by Crippen LogP contribution is 2.30. The van der Waals surface area contributed by atoms with E-state index in [1.807, 2.05) is 6.92 Å². The van der Waals surface area contributed by atoms with Crippen LogP contribution in [0.25, 0.3) is 0 Å². The molecule has 3 N–H and O–H groups in total. The molecule has 0 spiro atoms. The topological polar surface area (TPSA) is 76.3 Å². The standard InChI is InChI=1S/C15H27N5O/c1-6-11-9-21-8-7-20(11)13-10(2)12(19-16)17-14(18-13)15(3,4)5/h11H,6-9,16H2,1-5H3,(H,17,18,19). The number of aromatic nitrogens is 2. The lowest BCUT2D eigenvalue weighted by Gasteiger charge is -2.37. The van der Waals surface area contributed by atoms with Crippen LogP contribution in [0, 0.1) is 6.92 Å². The quantitative estimate of drug-likeness (QED) is 0.655. The van der Waals surface area contributed by atoms with E-state index in [1.54, 1.807) is 0 Å². The van der Waals surface area contributed by atoms with E-state index in [-0.39, 0.29) is 5.41 Å². The number of nitrogens with one attached hydrogen (secondary N) is 1. The number of morpholine rings is 1. The van der Waals surface area contributed by atoms with E-state index < -0.39 is 0 Å². The zero-order chi connectivity index (χ0) is 15.6. The Morgan fingerprint density at radius 2 is 2.10 bits per heavy atom. The van der Waals surface area contributed by atoms with E-state index in [1.165, 1.54) is 0 Å². The fraction of sp³-hybridized carbons (Fsp3) is 0.733. The molecule has 0 amide bonds. The molecule has 1 aromatic heterocycles. The average Bonchev–Trinajstić information content (AvgIpc) is 2.46. The van der Waals surface area contributed by atoms with Crippen LogP contribution in [0.5, 0.6) is 0 Å². The number of anilines is 2. The van der Waals surface area contributed by atoms with Crippen molar-refractivity contribution in [1.82, 2.24) is 9.97 Å². The molecular formula is C15H27N5O. The number of nitrogens with zero attached hydrogens (tertiary/aromatic N) is 3. The Labute approximate surface area is 127 Å². The molecule has 6 heteroatoms. The first-order chi connectivity index (χ1) is 9.88. The molecule has 1 aromatic rings. The lowest BCUT2D eigenvalue weighted by Crippen LogP contribution is -2.46. The van der Waals surface area contributed by atoms with Gasteiger partial charge in [0.2, 0.25) is 0 Å². The van der Waals surface area contributed by atoms with Gasteiger partial charge in [-0.25, -0.2) is 15.8 Å². The maximum atomic E-state index is 5.64. The molecule has 2 heterocycles. The second-order valence-corrected chi connectivity index (χ2v) is 6.57. The maximum Gasteiger partial charge on any atom is 0.148 e. The zero-order valence-electron chi connectivity index (χ0n) is 13.7. The van der Waals surface area contributed by atoms with E-state index >= 15 is 0 Å². The Morgan fingerprint density at radius 1 is 1.38 bits per heavy atom. The van der Waals surface area contributed by atoms with Crippen molar-refractivity contribution in [3.05, 3.63) is 11.4 Å². The summed E-state index contributed by atoms with van der Waals surface area (Å²) in [6, 6.07) is 0.353. The number of nitrogens with two attached hydrogens (primary N) is 1. The Balaban J connectivity index is 2.50. The second kappa shape index (κ2) is 6.15. The van der Waals surface area contributed by atoms with Crippen molar-refractivity contribution in [3.8, 4) is 0 Å². The lowest BCUT2D eigenvalue weighted by molar-refractivity contribution is 0.0924. The molecule has 1 atom stereocenters. The van der Waals surface area contributed by atoms with Gasteiger partial charge in [0.25, 0.3) is 0 Å². The van der Waals surface area contributed by atoms with Crippen molar-refractivity contribution in [3.63, 3.8) is 0 Å². The van der Waals surface area contributed by atoms with Gasteiger partial charge in [-0.15, -0.1) is 0 Å². The number of hydrazine groups is 1. The first-order valence-electron chi connectivity index (χ1n) is 7.58. The third kappa shape index (κ3) is 3.27. The zero-order valence-corrected chi connectivity index (χ0v) is 13.7. The summed E-state index contributed by atoms with van der Waals surface area (Å²) in [6.45, 7) is 12.8. The number of ether oxygens (including phenoxy) is 1. The van der Waals surface area contributed by atoms with Crippen molar-refractivity contribution < 1.29 is 4.74 Å². The van der Waals surface area contributed by atoms with Crippen LogP contribution >= 0.6 is 0 Å². The van der Waals surface area contributed by atoms with Gasteiger partial charge < -0.3 is 15.1 Å². The largest absolute Gasteiger partial charge is 0.377 e. The Bertz CT molecular complexity index is 498. The summed E-state index contributed by atoms with van der Waals surface area (Å²) >= 11 is 0. The van der Waals surface area contributed by atoms with Gasteiger partial charge in [-0.3, -0.25) is 0 Å². The fourth-order valence-electron chi connectivity index (χ4n) is 2.53. The van der Waals surface area contributed by atoms with E-state index in [4.69, 9.17) is 15.6 Å². The molecule has 1 aliphatic heterocycles. The molecule has 0 aromatic carbocycles. The second-order valence-electron chi connectivity index (χ2n) is 6.57. The van der Waals surface area contributed by atoms with Gasteiger partial charge in [0.05, 0.1) is 19.3 Å². The first kappa shape index (κ1) is 16.0. The van der Waals surface area contributed by atoms with Gasteiger partial charge >= 0.3 is 0 Å². The smallest absolute Gasteiger partial charge is 0.148 e. The summed E-state index contributed by atoms with van der Waals surface area (Å²) < 4.78 is 5.59. The van der Waals surface area contributed by atoms with Gasteiger partial charge in [-0.1, -0.05) is 27.7 Å². The van der Waals surface area contributed by atoms with Crippen LogP contribution in [0.1, 0.15) is 45.5 Å². The van der Waals surface area contributed by atoms with Crippen LogP contribution in [-0.4, -0.2) is 35.8 Å². The van der Waals surface area contributed by atoms with Gasteiger partial charge in [-0.05, 0) is 13.3 Å². The predicted molar refractivity (Wildman–Crippen MR) is 85.5 cm³/mol. The molecule has 6 nitrogen and oxygen atoms in total. The van der Waals surface area contributed by atoms with Crippen molar-refractivity contribution >= 4 is 11.6 Å². The van der Waals surface area contributed by atoms with Crippen LogP contribution in [-0.2, 0) is 10.2 Å². The molecule has 1 saturated heterocycles. The minimum Gasteiger partial charge on any atom is -0.377 e. The highest BCUT2D eigenvalue weighted by atomic mass is 16.5. The Morgan fingerprint density at radius 3 is 2.67 bits per heavy atom. The minimum atomic E-state index is -0.123. The highest BCUT2D eigenvalue weighted by Gasteiger charge is 2.28. The van der Waals surface area contributed by atoms with E-state index in [9.17, 15) is 0 Å². The molecule has 1 fully saturated rings. The molecule has 118 valence electrons. The van der Waals surface area contributed by atoms with Crippen LogP contribution < -0.4 is 16.2 Å². The highest BCUT2D eigenvalue weighted by molar-refractivity contribution is 5.59. The Hall–Kier alpha value is -1.40. The van der Waals surface area contributed by atoms with Gasteiger partial charge in [0, 0.05) is 17.5 Å². The third-order valence-corrected chi connectivity index (χ3v) is 3.90. The molecule has 0 bridgehead atoms. The van der Waals surface area contributed by atoms with Gasteiger partial charge in [0.1, 0.15) is 17.5 Å². The molecule has 2 rings (SSSR count). The van der Waals surface area contributed by atoms with Crippen LogP contribution in [0.4, 0.5) is 11.6 Å². The van der Waals surface area contributed by atoms with E-state index in [0.717, 1.165) is 43.4 Å². The van der Waals surface area contributed by atoms with Gasteiger partial charge in [0.15, 0.2) is 0 Å². The fourth-order valence-corrected chi connectivity index (χ4v) is 2.53. The number of nitrogen functional groups attached to an aromatic ring is 1. The summed E-state index contributed by atoms with van der Waals surface area (Å²) in [7, 11) is 0. The first-order valence-corrected chi connectivity index (χ1v) is 7.58. The van der Waals surface area contributed by atoms with Crippen molar-refractivity contribution in [2.75, 3.05) is 30.1 Å². The molecule has 1 aliphatic rings. The molecule has 21 heavy (non-hydrogen) atoms. The van der Waals surface area contributed by atoms with Crippen LogP contribution in [0.2, 0.25) is 0 Å². The maximum absolute atomic E-state index is 5.64. The monoisotopic (exact) mass is 293 g/mol. The minimum absolute atomic E-state index is 0.123. The van der Waals surface area contributed by atoms with Crippen molar-refractivity contribution in [2.24, 2.45) is 5.84 Å². The third-order valence-electron chi connectivity index (χ3n) is 3.90. The Kier molecular flexibility index (Phi) is 4.68. The number of rotatable bonds is 3. The van der Waals surface area contributed by atoms with Crippen molar-refractivity contribution in [1.29, 1.82) is 0 Å². The van der Waals surface area contributed by atoms with Crippen LogP contribution in [0.15, 0.2) is 0 Å². The lowest BCUT2D eigenvalue weighted by atomic mass is 9.95. The van der Waals surface area contributed by atoms with Crippen LogP contribution in [0.3, 0.4) is 0 Å².